The van der Waals surface area contributed by atoms with Gasteiger partial charge >= 0.3 is 5.69 Å². The van der Waals surface area contributed by atoms with Crippen molar-refractivity contribution < 1.29 is 4.79 Å². The van der Waals surface area contributed by atoms with E-state index >= 15 is 0 Å². The van der Waals surface area contributed by atoms with Crippen LogP contribution in [0.25, 0.3) is 10.2 Å². The molecule has 0 saturated carbocycles. The van der Waals surface area contributed by atoms with Gasteiger partial charge in [0.1, 0.15) is 10.4 Å². The Kier molecular flexibility index (Phi) is 5.44. The van der Waals surface area contributed by atoms with Gasteiger partial charge in [-0.2, -0.15) is 0 Å². The predicted octanol–water partition coefficient (Wildman–Crippen LogP) is 0.896. The van der Waals surface area contributed by atoms with Gasteiger partial charge in [0, 0.05) is 44.1 Å². The molecule has 4 rings (SSSR count). The van der Waals surface area contributed by atoms with Gasteiger partial charge in [-0.25, -0.2) is 9.78 Å². The van der Waals surface area contributed by atoms with Gasteiger partial charge in [0.25, 0.3) is 11.5 Å². The Morgan fingerprint density at radius 3 is 2.60 bits per heavy atom. The zero-order valence-electron chi connectivity index (χ0n) is 17.0. The fraction of sp³-hybridized carbons (Fsp3) is 0.400. The van der Waals surface area contributed by atoms with Crippen molar-refractivity contribution >= 4 is 33.1 Å². The zero-order valence-corrected chi connectivity index (χ0v) is 17.8. The molecule has 4 heterocycles. The van der Waals surface area contributed by atoms with Crippen molar-refractivity contribution in [1.82, 2.24) is 19.4 Å². The van der Waals surface area contributed by atoms with E-state index in [4.69, 9.17) is 5.73 Å². The highest BCUT2D eigenvalue weighted by Gasteiger charge is 2.21. The van der Waals surface area contributed by atoms with Crippen molar-refractivity contribution in [1.29, 1.82) is 0 Å². The summed E-state index contributed by atoms with van der Waals surface area (Å²) in [7, 11) is 0. The number of H-pyrrole nitrogens is 1. The lowest BCUT2D eigenvalue weighted by Crippen LogP contribution is -2.46. The summed E-state index contributed by atoms with van der Waals surface area (Å²) in [5, 5.41) is 0. The number of carbonyl (C=O) groups is 1. The number of amides is 1. The fourth-order valence-corrected chi connectivity index (χ4v) is 4.95. The molecule has 9 nitrogen and oxygen atoms in total. The van der Waals surface area contributed by atoms with Crippen LogP contribution in [-0.4, -0.2) is 51.5 Å². The first-order valence-electron chi connectivity index (χ1n) is 9.87. The molecule has 30 heavy (non-hydrogen) atoms. The van der Waals surface area contributed by atoms with Gasteiger partial charge in [-0.1, -0.05) is 0 Å². The number of fused-ring (bicyclic) bond motifs is 1. The van der Waals surface area contributed by atoms with E-state index < -0.39 is 5.91 Å². The molecular formula is C20H24N6O3S. The highest BCUT2D eigenvalue weighted by molar-refractivity contribution is 7.18. The number of primary amides is 1. The van der Waals surface area contributed by atoms with E-state index in [1.54, 1.807) is 13.0 Å². The second-order valence-electron chi connectivity index (χ2n) is 7.36. The van der Waals surface area contributed by atoms with Gasteiger partial charge < -0.3 is 15.6 Å². The highest BCUT2D eigenvalue weighted by atomic mass is 32.1. The van der Waals surface area contributed by atoms with Gasteiger partial charge in [0.2, 0.25) is 0 Å². The molecule has 0 atom stereocenters. The number of carbonyl (C=O) groups excluding carboxylic acids is 1. The Bertz CT molecular complexity index is 1220. The third-order valence-electron chi connectivity index (χ3n) is 5.43. The molecule has 1 aliphatic rings. The van der Waals surface area contributed by atoms with Crippen LogP contribution in [0, 0.1) is 6.92 Å². The summed E-state index contributed by atoms with van der Waals surface area (Å²) in [5.41, 5.74) is 7.42. The van der Waals surface area contributed by atoms with Crippen molar-refractivity contribution in [2.45, 2.75) is 26.9 Å². The third-order valence-corrected chi connectivity index (χ3v) is 6.54. The maximum atomic E-state index is 12.5. The smallest absolute Gasteiger partial charge is 0.328 e. The Balaban J connectivity index is 1.45. The lowest BCUT2D eigenvalue weighted by molar-refractivity contribution is 0.0995. The van der Waals surface area contributed by atoms with Gasteiger partial charge in [-0.15, -0.1) is 11.3 Å². The Hall–Kier alpha value is -2.98. The Morgan fingerprint density at radius 2 is 1.97 bits per heavy atom. The number of anilines is 1. The van der Waals surface area contributed by atoms with Crippen molar-refractivity contribution in [3.8, 4) is 0 Å². The summed E-state index contributed by atoms with van der Waals surface area (Å²) in [5.74, 6) is -0.523. The van der Waals surface area contributed by atoms with E-state index in [0.717, 1.165) is 49.0 Å². The molecule has 3 N–H and O–H groups in total. The number of piperazine rings is 1. The van der Waals surface area contributed by atoms with E-state index in [1.807, 2.05) is 19.1 Å². The van der Waals surface area contributed by atoms with Crippen LogP contribution in [0.15, 0.2) is 27.8 Å². The molecule has 0 spiro atoms. The molecule has 0 radical (unpaired) electrons. The molecule has 1 aliphatic heterocycles. The predicted molar refractivity (Wildman–Crippen MR) is 117 cm³/mol. The standard InChI is InChI=1S/C20H24N6O3S/c1-3-26-19(28)17-15(23-20(26)29)10-13(30-17)11-24-6-8-25(9-7-24)16-5-4-14(18(21)27)22-12(16)2/h4-5,10H,3,6-9,11H2,1-2H3,(H2,21,27)(H,23,29). The Labute approximate surface area is 176 Å². The number of hydrogen-bond donors (Lipinski definition) is 2. The summed E-state index contributed by atoms with van der Waals surface area (Å²) in [4.78, 5) is 48.5. The van der Waals surface area contributed by atoms with Gasteiger partial charge in [0.15, 0.2) is 0 Å². The summed E-state index contributed by atoms with van der Waals surface area (Å²) < 4.78 is 1.82. The van der Waals surface area contributed by atoms with Crippen LogP contribution in [0.4, 0.5) is 5.69 Å². The summed E-state index contributed by atoms with van der Waals surface area (Å²) >= 11 is 1.45. The quantitative estimate of drug-likeness (QED) is 0.623. The molecule has 3 aromatic rings. The lowest BCUT2D eigenvalue weighted by Gasteiger charge is -2.36. The normalized spacial score (nSPS) is 15.1. The molecule has 1 fully saturated rings. The van der Waals surface area contributed by atoms with E-state index in [0.29, 0.717) is 16.8 Å². The van der Waals surface area contributed by atoms with Crippen LogP contribution in [0.5, 0.6) is 0 Å². The van der Waals surface area contributed by atoms with E-state index in [9.17, 15) is 14.4 Å². The summed E-state index contributed by atoms with van der Waals surface area (Å²) in [6.07, 6.45) is 0. The third kappa shape index (κ3) is 3.75. The van der Waals surface area contributed by atoms with E-state index in [1.165, 1.54) is 15.9 Å². The number of pyridine rings is 1. The molecule has 0 unspecified atom stereocenters. The van der Waals surface area contributed by atoms with Gasteiger partial charge in [0.05, 0.1) is 16.9 Å². The fourth-order valence-electron chi connectivity index (χ4n) is 3.85. The SMILES string of the molecule is CCn1c(=O)[nH]c2cc(CN3CCN(c4ccc(C(N)=O)nc4C)CC3)sc2c1=O. The van der Waals surface area contributed by atoms with Crippen molar-refractivity contribution in [2.75, 3.05) is 31.1 Å². The van der Waals surface area contributed by atoms with Crippen LogP contribution in [-0.2, 0) is 13.1 Å². The van der Waals surface area contributed by atoms with E-state index in [-0.39, 0.29) is 16.9 Å². The van der Waals surface area contributed by atoms with Crippen LogP contribution in [0.3, 0.4) is 0 Å². The average molecular weight is 429 g/mol. The van der Waals surface area contributed by atoms with Crippen molar-refractivity contribution in [2.24, 2.45) is 5.73 Å². The van der Waals surface area contributed by atoms with Crippen LogP contribution in [0.1, 0.15) is 28.0 Å². The van der Waals surface area contributed by atoms with Crippen LogP contribution >= 0.6 is 11.3 Å². The molecule has 3 aromatic heterocycles. The number of thiophene rings is 1. The number of aromatic amines is 1. The largest absolute Gasteiger partial charge is 0.368 e. The molecule has 10 heteroatoms. The molecular weight excluding hydrogens is 404 g/mol. The molecule has 0 aromatic carbocycles. The number of aromatic nitrogens is 3. The Morgan fingerprint density at radius 1 is 1.23 bits per heavy atom. The molecule has 1 amide bonds. The summed E-state index contributed by atoms with van der Waals surface area (Å²) in [6, 6.07) is 5.48. The number of nitrogens with two attached hydrogens (primary N) is 1. The first-order chi connectivity index (χ1) is 14.4. The molecule has 0 aliphatic carbocycles. The molecule has 158 valence electrons. The number of rotatable bonds is 5. The van der Waals surface area contributed by atoms with Gasteiger partial charge in [-0.05, 0) is 32.0 Å². The minimum atomic E-state index is -0.523. The maximum absolute atomic E-state index is 12.5. The first kappa shape index (κ1) is 20.3. The minimum Gasteiger partial charge on any atom is -0.368 e. The monoisotopic (exact) mass is 428 g/mol. The number of nitrogens with zero attached hydrogens (tertiary/aromatic N) is 4. The number of aryl methyl sites for hydroxylation is 1. The number of nitrogens with one attached hydrogen (secondary N) is 1. The second-order valence-corrected chi connectivity index (χ2v) is 8.50. The number of hydrogen-bond acceptors (Lipinski definition) is 7. The van der Waals surface area contributed by atoms with Crippen molar-refractivity contribution in [3.05, 3.63) is 55.3 Å². The molecule has 0 bridgehead atoms. The van der Waals surface area contributed by atoms with Gasteiger partial charge in [-0.3, -0.25) is 19.1 Å². The van der Waals surface area contributed by atoms with Crippen LogP contribution < -0.4 is 21.9 Å². The zero-order chi connectivity index (χ0) is 21.4. The maximum Gasteiger partial charge on any atom is 0.328 e. The van der Waals surface area contributed by atoms with Crippen molar-refractivity contribution in [3.63, 3.8) is 0 Å². The average Bonchev–Trinajstić information content (AvgIpc) is 3.11. The minimum absolute atomic E-state index is 0.222. The summed E-state index contributed by atoms with van der Waals surface area (Å²) in [6.45, 7) is 8.16. The highest BCUT2D eigenvalue weighted by Crippen LogP contribution is 2.24. The molecule has 1 saturated heterocycles. The first-order valence-corrected chi connectivity index (χ1v) is 10.7. The van der Waals surface area contributed by atoms with E-state index in [2.05, 4.69) is 19.8 Å². The second kappa shape index (κ2) is 8.04. The van der Waals surface area contributed by atoms with Crippen LogP contribution in [0.2, 0.25) is 0 Å². The topological polar surface area (TPSA) is 117 Å². The lowest BCUT2D eigenvalue weighted by atomic mass is 10.2.